The minimum atomic E-state index is -0.198. The zero-order valence-corrected chi connectivity index (χ0v) is 12.7. The third-order valence-corrected chi connectivity index (χ3v) is 5.24. The van der Waals surface area contributed by atoms with Crippen LogP contribution in [0.2, 0.25) is 0 Å². The van der Waals surface area contributed by atoms with Crippen LogP contribution in [0.1, 0.15) is 39.9 Å². The van der Waals surface area contributed by atoms with Crippen molar-refractivity contribution in [1.82, 2.24) is 4.98 Å². The largest absolute Gasteiger partial charge is 0.504 e. The van der Waals surface area contributed by atoms with Crippen molar-refractivity contribution in [2.45, 2.75) is 32.6 Å². The molecule has 2 heterocycles. The summed E-state index contributed by atoms with van der Waals surface area (Å²) in [6, 6.07) is 5.13. The van der Waals surface area contributed by atoms with Crippen LogP contribution >= 0.6 is 11.3 Å². The quantitative estimate of drug-likeness (QED) is 0.910. The summed E-state index contributed by atoms with van der Waals surface area (Å²) in [4.78, 5) is 18.3. The molecule has 2 aromatic rings. The monoisotopic (exact) mass is 302 g/mol. The number of carbonyl (C=O) groups is 1. The molecule has 0 radical (unpaired) electrons. The van der Waals surface area contributed by atoms with E-state index in [0.717, 1.165) is 18.8 Å². The molecular formula is C16H18N2O2S. The van der Waals surface area contributed by atoms with Gasteiger partial charge in [0.25, 0.3) is 5.91 Å². The fourth-order valence-electron chi connectivity index (χ4n) is 2.72. The standard InChI is InChI=1S/C16H18N2O2S/c1-2-10-5-6-13-11(8-10)9-14(21-13)16(20)18-15-12(19)4-3-7-17-15/h3-4,7,9-10,19H,2,5-6,8H2,1H3,(H,17,18,20)/t10-/m0/s1. The van der Waals surface area contributed by atoms with Crippen LogP contribution in [-0.4, -0.2) is 16.0 Å². The molecule has 110 valence electrons. The van der Waals surface area contributed by atoms with Crippen molar-refractivity contribution >= 4 is 23.1 Å². The van der Waals surface area contributed by atoms with Crippen LogP contribution in [0.15, 0.2) is 24.4 Å². The minimum absolute atomic E-state index is 0.0155. The molecular weight excluding hydrogens is 284 g/mol. The Labute approximate surface area is 127 Å². The summed E-state index contributed by atoms with van der Waals surface area (Å²) in [5, 5.41) is 12.3. The van der Waals surface area contributed by atoms with E-state index in [1.807, 2.05) is 6.07 Å². The van der Waals surface area contributed by atoms with Gasteiger partial charge < -0.3 is 10.4 Å². The molecule has 21 heavy (non-hydrogen) atoms. The molecule has 5 heteroatoms. The topological polar surface area (TPSA) is 62.2 Å². The lowest BCUT2D eigenvalue weighted by Crippen LogP contribution is -2.11. The van der Waals surface area contributed by atoms with Crippen LogP contribution in [0.25, 0.3) is 0 Å². The third-order valence-electron chi connectivity index (χ3n) is 4.00. The van der Waals surface area contributed by atoms with E-state index in [1.54, 1.807) is 23.6 Å². The number of hydrogen-bond donors (Lipinski definition) is 2. The normalized spacial score (nSPS) is 17.3. The second kappa shape index (κ2) is 5.85. The van der Waals surface area contributed by atoms with Gasteiger partial charge in [-0.25, -0.2) is 4.98 Å². The van der Waals surface area contributed by atoms with E-state index in [-0.39, 0.29) is 17.5 Å². The van der Waals surface area contributed by atoms with Gasteiger partial charge in [-0.15, -0.1) is 11.3 Å². The predicted molar refractivity (Wildman–Crippen MR) is 84.0 cm³/mol. The summed E-state index contributed by atoms with van der Waals surface area (Å²) in [5.74, 6) is 0.734. The Morgan fingerprint density at radius 1 is 1.57 bits per heavy atom. The molecule has 0 aliphatic heterocycles. The van der Waals surface area contributed by atoms with Gasteiger partial charge in [0.1, 0.15) is 0 Å². The lowest BCUT2D eigenvalue weighted by atomic mass is 9.87. The lowest BCUT2D eigenvalue weighted by Gasteiger charge is -2.19. The summed E-state index contributed by atoms with van der Waals surface area (Å²) in [6.45, 7) is 2.22. The fourth-order valence-corrected chi connectivity index (χ4v) is 3.83. The van der Waals surface area contributed by atoms with E-state index in [1.165, 1.54) is 29.3 Å². The zero-order chi connectivity index (χ0) is 14.8. The molecule has 0 saturated heterocycles. The molecule has 1 atom stereocenters. The molecule has 1 amide bonds. The number of nitrogens with zero attached hydrogens (tertiary/aromatic N) is 1. The Kier molecular flexibility index (Phi) is 3.92. The maximum Gasteiger partial charge on any atom is 0.267 e. The number of aryl methyl sites for hydroxylation is 1. The maximum atomic E-state index is 12.3. The average molecular weight is 302 g/mol. The number of carbonyl (C=O) groups excluding carboxylic acids is 1. The van der Waals surface area contributed by atoms with Crippen LogP contribution in [0.3, 0.4) is 0 Å². The van der Waals surface area contributed by atoms with Gasteiger partial charge >= 0.3 is 0 Å². The number of anilines is 1. The number of fused-ring (bicyclic) bond motifs is 1. The Balaban J connectivity index is 1.77. The molecule has 2 N–H and O–H groups in total. The second-order valence-electron chi connectivity index (χ2n) is 5.40. The van der Waals surface area contributed by atoms with Gasteiger partial charge in [-0.3, -0.25) is 4.79 Å². The maximum absolute atomic E-state index is 12.3. The average Bonchev–Trinajstić information content (AvgIpc) is 2.92. The molecule has 0 unspecified atom stereocenters. The summed E-state index contributed by atoms with van der Waals surface area (Å²) >= 11 is 1.56. The van der Waals surface area contributed by atoms with E-state index in [4.69, 9.17) is 0 Å². The van der Waals surface area contributed by atoms with Gasteiger partial charge in [0, 0.05) is 11.1 Å². The van der Waals surface area contributed by atoms with Crippen molar-refractivity contribution in [3.63, 3.8) is 0 Å². The first-order chi connectivity index (χ1) is 10.2. The number of aromatic hydroxyl groups is 1. The highest BCUT2D eigenvalue weighted by atomic mass is 32.1. The highest BCUT2D eigenvalue weighted by Crippen LogP contribution is 2.34. The Morgan fingerprint density at radius 2 is 2.43 bits per heavy atom. The van der Waals surface area contributed by atoms with Crippen molar-refractivity contribution < 1.29 is 9.90 Å². The Bertz CT molecular complexity index is 666. The van der Waals surface area contributed by atoms with Gasteiger partial charge in [-0.1, -0.05) is 13.3 Å². The van der Waals surface area contributed by atoms with E-state index in [2.05, 4.69) is 17.2 Å². The van der Waals surface area contributed by atoms with Gasteiger partial charge in [0.05, 0.1) is 4.88 Å². The van der Waals surface area contributed by atoms with Gasteiger partial charge in [-0.05, 0) is 48.9 Å². The molecule has 0 fully saturated rings. The summed E-state index contributed by atoms with van der Waals surface area (Å²) in [7, 11) is 0. The highest BCUT2D eigenvalue weighted by molar-refractivity contribution is 7.14. The summed E-state index contributed by atoms with van der Waals surface area (Å²) in [5.41, 5.74) is 1.31. The first-order valence-corrected chi connectivity index (χ1v) is 8.06. The van der Waals surface area contributed by atoms with Crippen LogP contribution in [0.5, 0.6) is 5.75 Å². The smallest absolute Gasteiger partial charge is 0.267 e. The first kappa shape index (κ1) is 14.1. The molecule has 4 nitrogen and oxygen atoms in total. The first-order valence-electron chi connectivity index (χ1n) is 7.24. The predicted octanol–water partition coefficient (Wildman–Crippen LogP) is 3.62. The van der Waals surface area contributed by atoms with Crippen molar-refractivity contribution in [2.24, 2.45) is 5.92 Å². The number of amides is 1. The fraction of sp³-hybridized carbons (Fsp3) is 0.375. The van der Waals surface area contributed by atoms with Crippen LogP contribution in [0.4, 0.5) is 5.82 Å². The Morgan fingerprint density at radius 3 is 3.19 bits per heavy atom. The number of aromatic nitrogens is 1. The number of pyridine rings is 1. The number of nitrogens with one attached hydrogen (secondary N) is 1. The summed E-state index contributed by atoms with van der Waals surface area (Å²) in [6.07, 6.45) is 6.09. The van der Waals surface area contributed by atoms with Gasteiger partial charge in [-0.2, -0.15) is 0 Å². The van der Waals surface area contributed by atoms with Crippen molar-refractivity contribution in [2.75, 3.05) is 5.32 Å². The van der Waals surface area contributed by atoms with E-state index < -0.39 is 0 Å². The van der Waals surface area contributed by atoms with Crippen molar-refractivity contribution in [3.8, 4) is 5.75 Å². The Hall–Kier alpha value is -1.88. The minimum Gasteiger partial charge on any atom is -0.504 e. The number of thiophene rings is 1. The zero-order valence-electron chi connectivity index (χ0n) is 11.9. The van der Waals surface area contributed by atoms with Crippen LogP contribution < -0.4 is 5.32 Å². The number of hydrogen-bond acceptors (Lipinski definition) is 4. The van der Waals surface area contributed by atoms with Crippen molar-refractivity contribution in [3.05, 3.63) is 39.7 Å². The molecule has 0 spiro atoms. The highest BCUT2D eigenvalue weighted by Gasteiger charge is 2.22. The molecule has 1 aliphatic carbocycles. The van der Waals surface area contributed by atoms with E-state index in [9.17, 15) is 9.90 Å². The van der Waals surface area contributed by atoms with Crippen LogP contribution in [0, 0.1) is 5.92 Å². The lowest BCUT2D eigenvalue weighted by molar-refractivity contribution is 0.102. The molecule has 3 rings (SSSR count). The molecule has 0 saturated carbocycles. The molecule has 0 bridgehead atoms. The van der Waals surface area contributed by atoms with Crippen LogP contribution in [-0.2, 0) is 12.8 Å². The molecule has 2 aromatic heterocycles. The van der Waals surface area contributed by atoms with Gasteiger partial charge in [0.2, 0.25) is 0 Å². The molecule has 0 aromatic carbocycles. The van der Waals surface area contributed by atoms with E-state index in [0.29, 0.717) is 4.88 Å². The number of rotatable bonds is 3. The third kappa shape index (κ3) is 2.93. The molecule has 1 aliphatic rings. The SMILES string of the molecule is CC[C@H]1CCc2sc(C(=O)Nc3ncccc3O)cc2C1. The van der Waals surface area contributed by atoms with Gasteiger partial charge in [0.15, 0.2) is 11.6 Å². The summed E-state index contributed by atoms with van der Waals surface area (Å²) < 4.78 is 0. The van der Waals surface area contributed by atoms with Crippen molar-refractivity contribution in [1.29, 1.82) is 0 Å². The second-order valence-corrected chi connectivity index (χ2v) is 6.54. The van der Waals surface area contributed by atoms with E-state index >= 15 is 0 Å².